The third kappa shape index (κ3) is 3.27. The molecule has 0 saturated heterocycles. The van der Waals surface area contributed by atoms with Gasteiger partial charge in [0.15, 0.2) is 0 Å². The third-order valence-corrected chi connectivity index (χ3v) is 3.12. The second kappa shape index (κ2) is 6.38. The number of benzene rings is 1. The van der Waals surface area contributed by atoms with Gasteiger partial charge in [0.05, 0.1) is 11.5 Å². The van der Waals surface area contributed by atoms with Crippen molar-refractivity contribution < 1.29 is 9.66 Å². The van der Waals surface area contributed by atoms with E-state index in [9.17, 15) is 10.1 Å². The van der Waals surface area contributed by atoms with E-state index in [-0.39, 0.29) is 10.8 Å². The average Bonchev–Trinajstić information content (AvgIpc) is 2.71. The standard InChI is InChI=1S/C13H14ClN3O3/c1-10-12(17(18)19)13(14)16(15-10)8-5-9-20-11-6-3-2-4-7-11/h2-4,6-7H,5,8-9H2,1H3. The monoisotopic (exact) mass is 295 g/mol. The Morgan fingerprint density at radius 2 is 2.10 bits per heavy atom. The van der Waals surface area contributed by atoms with Gasteiger partial charge in [-0.2, -0.15) is 5.10 Å². The molecule has 0 fully saturated rings. The van der Waals surface area contributed by atoms with Crippen LogP contribution in [0.5, 0.6) is 5.75 Å². The van der Waals surface area contributed by atoms with Crippen LogP contribution in [0.2, 0.25) is 5.15 Å². The molecule has 0 N–H and O–H groups in total. The van der Waals surface area contributed by atoms with Crippen LogP contribution in [0, 0.1) is 17.0 Å². The van der Waals surface area contributed by atoms with Crippen molar-refractivity contribution in [2.45, 2.75) is 19.9 Å². The lowest BCUT2D eigenvalue weighted by atomic mass is 10.3. The number of rotatable bonds is 6. The Morgan fingerprint density at radius 1 is 1.40 bits per heavy atom. The molecule has 106 valence electrons. The van der Waals surface area contributed by atoms with Crippen molar-refractivity contribution in [3.05, 3.63) is 51.3 Å². The van der Waals surface area contributed by atoms with E-state index in [0.717, 1.165) is 5.75 Å². The maximum absolute atomic E-state index is 10.8. The van der Waals surface area contributed by atoms with E-state index >= 15 is 0 Å². The summed E-state index contributed by atoms with van der Waals surface area (Å²) < 4.78 is 6.97. The highest BCUT2D eigenvalue weighted by Crippen LogP contribution is 2.27. The largest absolute Gasteiger partial charge is 0.494 e. The minimum atomic E-state index is -0.512. The van der Waals surface area contributed by atoms with E-state index in [1.54, 1.807) is 6.92 Å². The molecule has 1 aromatic carbocycles. The second-order valence-electron chi connectivity index (χ2n) is 4.22. The molecule has 0 aliphatic heterocycles. The fraction of sp³-hybridized carbons (Fsp3) is 0.308. The van der Waals surface area contributed by atoms with Gasteiger partial charge in [0, 0.05) is 13.0 Å². The first-order valence-electron chi connectivity index (χ1n) is 6.14. The van der Waals surface area contributed by atoms with E-state index in [0.29, 0.717) is 25.3 Å². The Labute approximate surface area is 121 Å². The molecule has 0 aliphatic rings. The molecule has 2 rings (SSSR count). The van der Waals surface area contributed by atoms with Crippen molar-refractivity contribution in [1.29, 1.82) is 0 Å². The molecule has 0 unspecified atom stereocenters. The molecule has 0 aliphatic carbocycles. The molecule has 0 bridgehead atoms. The number of aryl methyl sites for hydroxylation is 2. The van der Waals surface area contributed by atoms with E-state index in [1.807, 2.05) is 30.3 Å². The van der Waals surface area contributed by atoms with E-state index in [2.05, 4.69) is 5.10 Å². The van der Waals surface area contributed by atoms with Crippen LogP contribution in [-0.4, -0.2) is 21.3 Å². The smallest absolute Gasteiger partial charge is 0.328 e. The van der Waals surface area contributed by atoms with E-state index in [1.165, 1.54) is 4.68 Å². The van der Waals surface area contributed by atoms with Gasteiger partial charge in [-0.1, -0.05) is 29.8 Å². The summed E-state index contributed by atoms with van der Waals surface area (Å²) in [5.74, 6) is 0.793. The molecule has 20 heavy (non-hydrogen) atoms. The van der Waals surface area contributed by atoms with Crippen LogP contribution in [0.4, 0.5) is 5.69 Å². The van der Waals surface area contributed by atoms with Crippen LogP contribution >= 0.6 is 11.6 Å². The number of aromatic nitrogens is 2. The van der Waals surface area contributed by atoms with Crippen molar-refractivity contribution in [2.24, 2.45) is 0 Å². The molecular weight excluding hydrogens is 282 g/mol. The lowest BCUT2D eigenvalue weighted by Crippen LogP contribution is -2.06. The first-order valence-corrected chi connectivity index (χ1v) is 6.52. The number of nitrogens with zero attached hydrogens (tertiary/aromatic N) is 3. The summed E-state index contributed by atoms with van der Waals surface area (Å²) in [6.45, 7) is 2.54. The Morgan fingerprint density at radius 3 is 2.70 bits per heavy atom. The van der Waals surface area contributed by atoms with E-state index < -0.39 is 4.92 Å². The van der Waals surface area contributed by atoms with Crippen molar-refractivity contribution in [3.63, 3.8) is 0 Å². The fourth-order valence-corrected chi connectivity index (χ4v) is 2.15. The topological polar surface area (TPSA) is 70.2 Å². The highest BCUT2D eigenvalue weighted by atomic mass is 35.5. The Balaban J connectivity index is 1.89. The number of nitro groups is 1. The summed E-state index contributed by atoms with van der Waals surface area (Å²) in [5.41, 5.74) is 0.194. The van der Waals surface area contributed by atoms with Crippen LogP contribution in [0.25, 0.3) is 0 Å². The van der Waals surface area contributed by atoms with Gasteiger partial charge in [0.25, 0.3) is 0 Å². The van der Waals surface area contributed by atoms with Gasteiger partial charge in [-0.05, 0) is 19.1 Å². The zero-order chi connectivity index (χ0) is 14.5. The number of para-hydroxylation sites is 1. The molecule has 1 heterocycles. The summed E-state index contributed by atoms with van der Waals surface area (Å²) in [4.78, 5) is 10.3. The molecule has 2 aromatic rings. The van der Waals surface area contributed by atoms with Crippen molar-refractivity contribution in [2.75, 3.05) is 6.61 Å². The van der Waals surface area contributed by atoms with Crippen LogP contribution in [0.15, 0.2) is 30.3 Å². The second-order valence-corrected chi connectivity index (χ2v) is 4.58. The summed E-state index contributed by atoms with van der Waals surface area (Å²) in [5, 5.41) is 14.9. The normalized spacial score (nSPS) is 10.5. The molecular formula is C13H14ClN3O3. The minimum Gasteiger partial charge on any atom is -0.494 e. The van der Waals surface area contributed by atoms with Crippen LogP contribution in [0.3, 0.4) is 0 Å². The summed E-state index contributed by atoms with van der Waals surface area (Å²) >= 11 is 5.94. The maximum Gasteiger partial charge on any atom is 0.328 e. The first-order chi connectivity index (χ1) is 9.59. The van der Waals surface area contributed by atoms with Gasteiger partial charge in [0.2, 0.25) is 5.15 Å². The molecule has 0 amide bonds. The van der Waals surface area contributed by atoms with Crippen molar-refractivity contribution in [3.8, 4) is 5.75 Å². The van der Waals surface area contributed by atoms with Gasteiger partial charge < -0.3 is 4.74 Å². The average molecular weight is 296 g/mol. The Kier molecular flexibility index (Phi) is 4.57. The summed E-state index contributed by atoms with van der Waals surface area (Å²) in [6.07, 6.45) is 0.660. The number of hydrogen-bond donors (Lipinski definition) is 0. The quantitative estimate of drug-likeness (QED) is 0.466. The predicted molar refractivity (Wildman–Crippen MR) is 75.2 cm³/mol. The molecule has 0 atom stereocenters. The van der Waals surface area contributed by atoms with Gasteiger partial charge in [-0.25, -0.2) is 4.68 Å². The Hall–Kier alpha value is -2.08. The Bertz CT molecular complexity index is 598. The molecule has 1 aromatic heterocycles. The molecule has 7 heteroatoms. The van der Waals surface area contributed by atoms with Crippen molar-refractivity contribution >= 4 is 17.3 Å². The van der Waals surface area contributed by atoms with Gasteiger partial charge >= 0.3 is 5.69 Å². The highest BCUT2D eigenvalue weighted by molar-refractivity contribution is 6.31. The van der Waals surface area contributed by atoms with Crippen LogP contribution in [0.1, 0.15) is 12.1 Å². The number of halogens is 1. The fourth-order valence-electron chi connectivity index (χ4n) is 1.82. The summed E-state index contributed by atoms with van der Waals surface area (Å²) in [6, 6.07) is 9.45. The first kappa shape index (κ1) is 14.3. The highest BCUT2D eigenvalue weighted by Gasteiger charge is 2.23. The minimum absolute atomic E-state index is 0.0622. The van der Waals surface area contributed by atoms with Crippen LogP contribution < -0.4 is 4.74 Å². The lowest BCUT2D eigenvalue weighted by Gasteiger charge is -2.06. The van der Waals surface area contributed by atoms with Crippen LogP contribution in [-0.2, 0) is 6.54 Å². The lowest BCUT2D eigenvalue weighted by molar-refractivity contribution is -0.385. The maximum atomic E-state index is 10.8. The zero-order valence-corrected chi connectivity index (χ0v) is 11.7. The SMILES string of the molecule is Cc1nn(CCCOc2ccccc2)c(Cl)c1[N+](=O)[O-]. The summed E-state index contributed by atoms with van der Waals surface area (Å²) in [7, 11) is 0. The number of hydrogen-bond acceptors (Lipinski definition) is 4. The van der Waals surface area contributed by atoms with Crippen molar-refractivity contribution in [1.82, 2.24) is 9.78 Å². The molecule has 0 radical (unpaired) electrons. The number of ether oxygens (including phenoxy) is 1. The predicted octanol–water partition coefficient (Wildman–Crippen LogP) is 3.22. The molecule has 6 nitrogen and oxygen atoms in total. The molecule has 0 spiro atoms. The third-order valence-electron chi connectivity index (χ3n) is 2.74. The van der Waals surface area contributed by atoms with Gasteiger partial charge in [-0.3, -0.25) is 10.1 Å². The zero-order valence-electron chi connectivity index (χ0n) is 11.0. The molecule has 0 saturated carbocycles. The van der Waals surface area contributed by atoms with Gasteiger partial charge in [-0.15, -0.1) is 0 Å². The van der Waals surface area contributed by atoms with E-state index in [4.69, 9.17) is 16.3 Å². The van der Waals surface area contributed by atoms with Gasteiger partial charge in [0.1, 0.15) is 11.4 Å².